The third-order valence-electron chi connectivity index (χ3n) is 6.81. The molecule has 0 radical (unpaired) electrons. The molecular weight excluding hydrogens is 376 g/mol. The van der Waals surface area contributed by atoms with Crippen molar-refractivity contribution in [2.75, 3.05) is 32.7 Å². The van der Waals surface area contributed by atoms with Crippen LogP contribution < -0.4 is 5.32 Å². The van der Waals surface area contributed by atoms with Crippen LogP contribution >= 0.6 is 0 Å². The number of amides is 2. The SMILES string of the molecule is C=C1C[C@@H]2[C@@H](CC1=O)C[C@H](NC(=O)N(CC)CCN(C(C)C)C(C)C)CN2CCC. The number of Topliss-reactive ketones (excluding diaryl/α,β-unsaturated/α-hetero) is 1. The second kappa shape index (κ2) is 11.3. The molecular formula is C24H44N4O2. The molecule has 1 heterocycles. The van der Waals surface area contributed by atoms with E-state index in [1.165, 1.54) is 0 Å². The molecule has 0 spiro atoms. The number of nitrogens with one attached hydrogen (secondary N) is 1. The summed E-state index contributed by atoms with van der Waals surface area (Å²) in [5, 5.41) is 3.29. The van der Waals surface area contributed by atoms with Crippen molar-refractivity contribution < 1.29 is 9.59 Å². The van der Waals surface area contributed by atoms with Crippen LogP contribution in [0.15, 0.2) is 12.2 Å². The Morgan fingerprint density at radius 2 is 1.83 bits per heavy atom. The largest absolute Gasteiger partial charge is 0.334 e. The van der Waals surface area contributed by atoms with Gasteiger partial charge in [-0.3, -0.25) is 14.6 Å². The first-order valence-electron chi connectivity index (χ1n) is 11.9. The zero-order valence-electron chi connectivity index (χ0n) is 20.1. The quantitative estimate of drug-likeness (QED) is 0.580. The van der Waals surface area contributed by atoms with Gasteiger partial charge in [0.1, 0.15) is 0 Å². The van der Waals surface area contributed by atoms with Crippen LogP contribution in [0.2, 0.25) is 0 Å². The molecule has 3 atom stereocenters. The van der Waals surface area contributed by atoms with Gasteiger partial charge in [-0.05, 0) is 71.9 Å². The fourth-order valence-electron chi connectivity index (χ4n) is 5.24. The number of nitrogens with zero attached hydrogens (tertiary/aromatic N) is 3. The van der Waals surface area contributed by atoms with E-state index in [0.29, 0.717) is 37.0 Å². The second-order valence-electron chi connectivity index (χ2n) is 9.64. The third-order valence-corrected chi connectivity index (χ3v) is 6.81. The van der Waals surface area contributed by atoms with Gasteiger partial charge in [0.15, 0.2) is 5.78 Å². The molecule has 30 heavy (non-hydrogen) atoms. The van der Waals surface area contributed by atoms with Crippen LogP contribution in [-0.2, 0) is 4.79 Å². The number of likely N-dealkylation sites (N-methyl/N-ethyl adjacent to an activating group) is 1. The summed E-state index contributed by atoms with van der Waals surface area (Å²) in [6.45, 7) is 21.2. The maximum absolute atomic E-state index is 13.0. The maximum atomic E-state index is 13.0. The Bertz CT molecular complexity index is 596. The molecule has 2 fully saturated rings. The van der Waals surface area contributed by atoms with E-state index in [1.54, 1.807) is 0 Å². The van der Waals surface area contributed by atoms with Gasteiger partial charge in [-0.15, -0.1) is 0 Å². The molecule has 0 bridgehead atoms. The van der Waals surface area contributed by atoms with E-state index in [-0.39, 0.29) is 17.9 Å². The summed E-state index contributed by atoms with van der Waals surface area (Å²) >= 11 is 0. The van der Waals surface area contributed by atoms with Crippen molar-refractivity contribution >= 4 is 11.8 Å². The molecule has 0 aromatic carbocycles. The topological polar surface area (TPSA) is 55.9 Å². The smallest absolute Gasteiger partial charge is 0.317 e. The first-order chi connectivity index (χ1) is 14.2. The van der Waals surface area contributed by atoms with Gasteiger partial charge in [0.25, 0.3) is 0 Å². The molecule has 2 amide bonds. The van der Waals surface area contributed by atoms with E-state index in [1.807, 2.05) is 11.8 Å². The Labute approximate surface area is 184 Å². The average molecular weight is 421 g/mol. The van der Waals surface area contributed by atoms with Crippen LogP contribution in [0.25, 0.3) is 0 Å². The van der Waals surface area contributed by atoms with Gasteiger partial charge >= 0.3 is 6.03 Å². The lowest BCUT2D eigenvalue weighted by atomic mass is 9.74. The molecule has 2 rings (SSSR count). The summed E-state index contributed by atoms with van der Waals surface area (Å²) in [5.41, 5.74) is 0.775. The number of rotatable bonds is 9. The summed E-state index contributed by atoms with van der Waals surface area (Å²) in [4.78, 5) is 32.1. The average Bonchev–Trinajstić information content (AvgIpc) is 2.66. The first-order valence-corrected chi connectivity index (χ1v) is 11.9. The predicted molar refractivity (Wildman–Crippen MR) is 124 cm³/mol. The van der Waals surface area contributed by atoms with Crippen LogP contribution in [0.3, 0.4) is 0 Å². The van der Waals surface area contributed by atoms with Crippen molar-refractivity contribution in [3.8, 4) is 0 Å². The zero-order valence-corrected chi connectivity index (χ0v) is 20.1. The number of ketones is 1. The monoisotopic (exact) mass is 420 g/mol. The number of fused-ring (bicyclic) bond motifs is 1. The molecule has 1 N–H and O–H groups in total. The van der Waals surface area contributed by atoms with Crippen molar-refractivity contribution in [1.29, 1.82) is 0 Å². The van der Waals surface area contributed by atoms with Crippen LogP contribution in [0.4, 0.5) is 4.79 Å². The van der Waals surface area contributed by atoms with Gasteiger partial charge in [-0.1, -0.05) is 13.5 Å². The molecule has 0 aromatic heterocycles. The molecule has 1 saturated carbocycles. The molecule has 0 unspecified atom stereocenters. The molecule has 2 aliphatic rings. The number of piperidine rings is 1. The summed E-state index contributed by atoms with van der Waals surface area (Å²) in [7, 11) is 0. The lowest BCUT2D eigenvalue weighted by Gasteiger charge is -2.47. The Balaban J connectivity index is 1.98. The third kappa shape index (κ3) is 6.30. The second-order valence-corrected chi connectivity index (χ2v) is 9.64. The minimum atomic E-state index is 0.0245. The van der Waals surface area contributed by atoms with Gasteiger partial charge in [-0.25, -0.2) is 4.79 Å². The Hall–Kier alpha value is -1.40. The van der Waals surface area contributed by atoms with E-state index < -0.39 is 0 Å². The van der Waals surface area contributed by atoms with Gasteiger partial charge in [0.05, 0.1) is 0 Å². The first kappa shape index (κ1) is 24.9. The molecule has 172 valence electrons. The van der Waals surface area contributed by atoms with Crippen molar-refractivity contribution in [3.05, 3.63) is 12.2 Å². The van der Waals surface area contributed by atoms with Crippen LogP contribution in [0, 0.1) is 5.92 Å². The van der Waals surface area contributed by atoms with E-state index in [9.17, 15) is 9.59 Å². The number of likely N-dealkylation sites (tertiary alicyclic amines) is 1. The Morgan fingerprint density at radius 3 is 2.40 bits per heavy atom. The minimum absolute atomic E-state index is 0.0245. The minimum Gasteiger partial charge on any atom is -0.334 e. The predicted octanol–water partition coefficient (Wildman–Crippen LogP) is 3.52. The van der Waals surface area contributed by atoms with Crippen molar-refractivity contribution in [2.45, 2.75) is 91.4 Å². The van der Waals surface area contributed by atoms with E-state index >= 15 is 0 Å². The van der Waals surface area contributed by atoms with Gasteiger partial charge < -0.3 is 10.2 Å². The number of hydrogen-bond donors (Lipinski definition) is 1. The van der Waals surface area contributed by atoms with Gasteiger partial charge in [0, 0.05) is 56.8 Å². The van der Waals surface area contributed by atoms with Crippen molar-refractivity contribution in [2.24, 2.45) is 5.92 Å². The lowest BCUT2D eigenvalue weighted by molar-refractivity contribution is -0.119. The Kier molecular flexibility index (Phi) is 9.35. The summed E-state index contributed by atoms with van der Waals surface area (Å²) in [6, 6.07) is 1.45. The van der Waals surface area contributed by atoms with Crippen molar-refractivity contribution in [3.63, 3.8) is 0 Å². The van der Waals surface area contributed by atoms with Crippen LogP contribution in [-0.4, -0.2) is 83.4 Å². The highest BCUT2D eigenvalue weighted by Crippen LogP contribution is 2.35. The molecule has 1 aliphatic heterocycles. The van der Waals surface area contributed by atoms with Gasteiger partial charge in [-0.2, -0.15) is 0 Å². The number of carbonyl (C=O) groups is 2. The standard InChI is InChI=1S/C24H44N4O2/c1-8-10-27-16-21(14-20-15-23(29)19(7)13-22(20)27)25-24(30)26(9-2)11-12-28(17(3)4)18(5)6/h17-18,20-22H,7-16H2,1-6H3,(H,25,30)/t20-,21+,22-/m1/s1. The molecule has 1 aliphatic carbocycles. The van der Waals surface area contributed by atoms with Gasteiger partial charge in [0.2, 0.25) is 0 Å². The molecule has 6 nitrogen and oxygen atoms in total. The molecule has 1 saturated heterocycles. The van der Waals surface area contributed by atoms with E-state index in [0.717, 1.165) is 51.0 Å². The number of urea groups is 1. The molecule has 0 aromatic rings. The number of hydrogen-bond acceptors (Lipinski definition) is 4. The lowest BCUT2D eigenvalue weighted by Crippen LogP contribution is -2.59. The highest BCUT2D eigenvalue weighted by atomic mass is 16.2. The molecule has 6 heteroatoms. The highest BCUT2D eigenvalue weighted by molar-refractivity contribution is 5.95. The highest BCUT2D eigenvalue weighted by Gasteiger charge is 2.41. The normalized spacial score (nSPS) is 25.2. The fraction of sp³-hybridized carbons (Fsp3) is 0.833. The van der Waals surface area contributed by atoms with E-state index in [4.69, 9.17) is 0 Å². The maximum Gasteiger partial charge on any atom is 0.317 e. The van der Waals surface area contributed by atoms with E-state index in [2.05, 4.69) is 56.3 Å². The van der Waals surface area contributed by atoms with Crippen molar-refractivity contribution in [1.82, 2.24) is 20.0 Å². The summed E-state index contributed by atoms with van der Waals surface area (Å²) in [5.74, 6) is 0.526. The fourth-order valence-corrected chi connectivity index (χ4v) is 5.24. The number of carbonyl (C=O) groups excluding carboxylic acids is 2. The Morgan fingerprint density at radius 1 is 1.17 bits per heavy atom. The van der Waals surface area contributed by atoms with Crippen LogP contribution in [0.1, 0.15) is 67.2 Å². The summed E-state index contributed by atoms with van der Waals surface area (Å²) < 4.78 is 0. The zero-order chi connectivity index (χ0) is 22.4. The van der Waals surface area contributed by atoms with Crippen LogP contribution in [0.5, 0.6) is 0 Å². The summed E-state index contributed by atoms with van der Waals surface area (Å²) in [6.07, 6.45) is 3.32.